The summed E-state index contributed by atoms with van der Waals surface area (Å²) in [6, 6.07) is 16.7. The zero-order valence-electron chi connectivity index (χ0n) is 16.0. The van der Waals surface area contributed by atoms with Gasteiger partial charge in [-0.1, -0.05) is 36.4 Å². The number of aromatic nitrogens is 2. The molecule has 2 heterocycles. The van der Waals surface area contributed by atoms with Crippen molar-refractivity contribution in [1.29, 1.82) is 0 Å². The van der Waals surface area contributed by atoms with Gasteiger partial charge >= 0.3 is 0 Å². The highest BCUT2D eigenvalue weighted by atomic mass is 19.1. The van der Waals surface area contributed by atoms with Crippen molar-refractivity contribution in [3.8, 4) is 0 Å². The third-order valence-electron chi connectivity index (χ3n) is 4.98. The van der Waals surface area contributed by atoms with Crippen molar-refractivity contribution in [3.63, 3.8) is 0 Å². The molecule has 1 N–H and O–H groups in total. The maximum atomic E-state index is 13.7. The normalized spacial score (nSPS) is 14.0. The fourth-order valence-corrected chi connectivity index (χ4v) is 3.32. The summed E-state index contributed by atoms with van der Waals surface area (Å²) in [5, 5.41) is 2.70. The van der Waals surface area contributed by atoms with Crippen LogP contribution in [-0.2, 0) is 6.54 Å². The van der Waals surface area contributed by atoms with Crippen molar-refractivity contribution < 1.29 is 9.18 Å². The van der Waals surface area contributed by atoms with Crippen LogP contribution in [0, 0.1) is 5.82 Å². The van der Waals surface area contributed by atoms with Crippen LogP contribution in [0.4, 0.5) is 16.0 Å². The Hall–Kier alpha value is -3.48. The fraction of sp³-hybridized carbons (Fsp3) is 0.227. The van der Waals surface area contributed by atoms with E-state index < -0.39 is 0 Å². The van der Waals surface area contributed by atoms with Crippen LogP contribution in [-0.4, -0.2) is 42.1 Å². The van der Waals surface area contributed by atoms with Gasteiger partial charge in [-0.25, -0.2) is 14.4 Å². The average Bonchev–Trinajstić information content (AvgIpc) is 2.79. The number of benzene rings is 2. The molecule has 3 aromatic rings. The molecule has 1 aliphatic heterocycles. The lowest BCUT2D eigenvalue weighted by molar-refractivity contribution is 0.0950. The number of rotatable bonds is 5. The molecule has 29 heavy (non-hydrogen) atoms. The van der Waals surface area contributed by atoms with Gasteiger partial charge in [0.1, 0.15) is 5.82 Å². The van der Waals surface area contributed by atoms with Crippen LogP contribution in [0.25, 0.3) is 0 Å². The van der Waals surface area contributed by atoms with Crippen molar-refractivity contribution in [2.75, 3.05) is 36.0 Å². The summed E-state index contributed by atoms with van der Waals surface area (Å²) in [5.41, 5.74) is 2.01. The predicted molar refractivity (Wildman–Crippen MR) is 110 cm³/mol. The Morgan fingerprint density at radius 3 is 2.21 bits per heavy atom. The van der Waals surface area contributed by atoms with Crippen LogP contribution in [0.3, 0.4) is 0 Å². The van der Waals surface area contributed by atoms with Crippen LogP contribution in [0.1, 0.15) is 15.9 Å². The summed E-state index contributed by atoms with van der Waals surface area (Å²) in [7, 11) is 0. The molecule has 0 spiro atoms. The minimum Gasteiger partial charge on any atom is -0.368 e. The van der Waals surface area contributed by atoms with E-state index in [9.17, 15) is 9.18 Å². The van der Waals surface area contributed by atoms with Gasteiger partial charge in [0.15, 0.2) is 0 Å². The molecule has 1 fully saturated rings. The van der Waals surface area contributed by atoms with Gasteiger partial charge in [-0.2, -0.15) is 0 Å². The molecule has 148 valence electrons. The Morgan fingerprint density at radius 2 is 1.52 bits per heavy atom. The SMILES string of the molecule is O=C(NCc1ccccc1F)c1cnc(N2CCN(c3ccccc3)CC2)nc1. The maximum absolute atomic E-state index is 13.7. The molecule has 1 amide bonds. The molecule has 1 saturated heterocycles. The van der Waals surface area contributed by atoms with Gasteiger partial charge in [0.2, 0.25) is 5.95 Å². The molecular formula is C22H22FN5O. The lowest BCUT2D eigenvalue weighted by atomic mass is 10.2. The lowest BCUT2D eigenvalue weighted by Crippen LogP contribution is -2.47. The molecule has 0 radical (unpaired) electrons. The standard InChI is InChI=1S/C22H22FN5O/c23-20-9-5-4-6-17(20)14-24-21(29)18-15-25-22(26-16-18)28-12-10-27(11-13-28)19-7-2-1-3-8-19/h1-9,15-16H,10-14H2,(H,24,29). The Labute approximate surface area is 169 Å². The summed E-state index contributed by atoms with van der Waals surface area (Å²) in [5.74, 6) is -0.0499. The number of hydrogen-bond donors (Lipinski definition) is 1. The highest BCUT2D eigenvalue weighted by Crippen LogP contribution is 2.17. The Morgan fingerprint density at radius 1 is 0.897 bits per heavy atom. The highest BCUT2D eigenvalue weighted by Gasteiger charge is 2.19. The minimum atomic E-state index is -0.339. The van der Waals surface area contributed by atoms with E-state index in [1.807, 2.05) is 18.2 Å². The summed E-state index contributed by atoms with van der Waals surface area (Å²) < 4.78 is 13.7. The molecular weight excluding hydrogens is 369 g/mol. The van der Waals surface area contributed by atoms with E-state index in [4.69, 9.17) is 0 Å². The number of carbonyl (C=O) groups is 1. The first-order valence-electron chi connectivity index (χ1n) is 9.59. The van der Waals surface area contributed by atoms with Gasteiger partial charge in [-0.15, -0.1) is 0 Å². The second-order valence-electron chi connectivity index (χ2n) is 6.86. The molecule has 0 atom stereocenters. The third kappa shape index (κ3) is 4.51. The Kier molecular flexibility index (Phi) is 5.65. The molecule has 7 heteroatoms. The molecule has 6 nitrogen and oxygen atoms in total. The highest BCUT2D eigenvalue weighted by molar-refractivity contribution is 5.93. The molecule has 0 aliphatic carbocycles. The molecule has 0 bridgehead atoms. The van der Waals surface area contributed by atoms with Crippen LogP contribution in [0.2, 0.25) is 0 Å². The minimum absolute atomic E-state index is 0.120. The number of para-hydroxylation sites is 1. The zero-order chi connectivity index (χ0) is 20.1. The molecule has 1 aliphatic rings. The first-order chi connectivity index (χ1) is 14.2. The Bertz CT molecular complexity index is 956. The van der Waals surface area contributed by atoms with Crippen molar-refractivity contribution in [2.45, 2.75) is 6.54 Å². The Balaban J connectivity index is 1.32. The topological polar surface area (TPSA) is 61.4 Å². The van der Waals surface area contributed by atoms with Gasteiger partial charge in [-0.3, -0.25) is 4.79 Å². The third-order valence-corrected chi connectivity index (χ3v) is 4.98. The van der Waals surface area contributed by atoms with E-state index in [0.717, 1.165) is 26.2 Å². The number of piperazine rings is 1. The largest absolute Gasteiger partial charge is 0.368 e. The van der Waals surface area contributed by atoms with E-state index in [-0.39, 0.29) is 18.3 Å². The average molecular weight is 391 g/mol. The van der Waals surface area contributed by atoms with Gasteiger partial charge < -0.3 is 15.1 Å². The van der Waals surface area contributed by atoms with E-state index >= 15 is 0 Å². The molecule has 2 aromatic carbocycles. The van der Waals surface area contributed by atoms with Gasteiger partial charge in [0.25, 0.3) is 5.91 Å². The smallest absolute Gasteiger partial charge is 0.254 e. The molecule has 0 saturated carbocycles. The zero-order valence-corrected chi connectivity index (χ0v) is 16.0. The summed E-state index contributed by atoms with van der Waals surface area (Å²) in [6.45, 7) is 3.52. The van der Waals surface area contributed by atoms with Crippen LogP contribution < -0.4 is 15.1 Å². The number of anilines is 2. The molecule has 4 rings (SSSR count). The summed E-state index contributed by atoms with van der Waals surface area (Å²) in [6.07, 6.45) is 3.03. The van der Waals surface area contributed by atoms with Crippen molar-refractivity contribution in [1.82, 2.24) is 15.3 Å². The second-order valence-corrected chi connectivity index (χ2v) is 6.86. The number of amides is 1. The lowest BCUT2D eigenvalue weighted by Gasteiger charge is -2.36. The van der Waals surface area contributed by atoms with E-state index in [0.29, 0.717) is 17.1 Å². The number of carbonyl (C=O) groups excluding carboxylic acids is 1. The fourth-order valence-electron chi connectivity index (χ4n) is 3.32. The van der Waals surface area contributed by atoms with E-state index in [1.165, 1.54) is 24.1 Å². The molecule has 0 unspecified atom stereocenters. The number of halogens is 1. The van der Waals surface area contributed by atoms with Gasteiger partial charge in [-0.05, 0) is 18.2 Å². The van der Waals surface area contributed by atoms with Crippen LogP contribution in [0.5, 0.6) is 0 Å². The number of nitrogens with one attached hydrogen (secondary N) is 1. The quantitative estimate of drug-likeness (QED) is 0.725. The first kappa shape index (κ1) is 18.9. The van der Waals surface area contributed by atoms with E-state index in [1.54, 1.807) is 18.2 Å². The summed E-state index contributed by atoms with van der Waals surface area (Å²) in [4.78, 5) is 25.4. The summed E-state index contributed by atoms with van der Waals surface area (Å²) >= 11 is 0. The van der Waals surface area contributed by atoms with Crippen LogP contribution in [0.15, 0.2) is 67.0 Å². The van der Waals surface area contributed by atoms with Crippen molar-refractivity contribution in [3.05, 3.63) is 83.9 Å². The monoisotopic (exact) mass is 391 g/mol. The van der Waals surface area contributed by atoms with Gasteiger partial charge in [0, 0.05) is 56.4 Å². The van der Waals surface area contributed by atoms with Crippen molar-refractivity contribution in [2.24, 2.45) is 0 Å². The van der Waals surface area contributed by atoms with Crippen molar-refractivity contribution >= 4 is 17.5 Å². The second kappa shape index (κ2) is 8.68. The van der Waals surface area contributed by atoms with Crippen LogP contribution >= 0.6 is 0 Å². The van der Waals surface area contributed by atoms with Gasteiger partial charge in [0.05, 0.1) is 5.56 Å². The maximum Gasteiger partial charge on any atom is 0.254 e. The molecule has 1 aromatic heterocycles. The predicted octanol–water partition coefficient (Wildman–Crippen LogP) is 2.87. The number of hydrogen-bond acceptors (Lipinski definition) is 5. The number of nitrogens with zero attached hydrogens (tertiary/aromatic N) is 4. The van der Waals surface area contributed by atoms with E-state index in [2.05, 4.69) is 37.2 Å². The first-order valence-corrected chi connectivity index (χ1v) is 9.59.